The minimum atomic E-state index is -0.443. The highest BCUT2D eigenvalue weighted by Gasteiger charge is 2.03. The highest BCUT2D eigenvalue weighted by molar-refractivity contribution is 5.57. The third-order valence-electron chi connectivity index (χ3n) is 2.67. The second-order valence-corrected chi connectivity index (χ2v) is 3.96. The van der Waals surface area contributed by atoms with Crippen LogP contribution in [0.4, 0.5) is 10.1 Å². The predicted octanol–water partition coefficient (Wildman–Crippen LogP) is 1.97. The van der Waals surface area contributed by atoms with Crippen LogP contribution in [0.15, 0.2) is 47.4 Å². The molecule has 2 rings (SSSR count). The molecule has 0 spiro atoms. The van der Waals surface area contributed by atoms with Crippen molar-refractivity contribution >= 4 is 5.69 Å². The fourth-order valence-electron chi connectivity index (χ4n) is 1.72. The lowest BCUT2D eigenvalue weighted by atomic mass is 10.2. The SMILES string of the molecule is N#Cc1cc(F)ccc1NCCn1ccccc1=O. The zero-order chi connectivity index (χ0) is 13.7. The molecule has 0 fully saturated rings. The van der Waals surface area contributed by atoms with Gasteiger partial charge in [0.05, 0.1) is 11.3 Å². The molecule has 0 amide bonds. The highest BCUT2D eigenvalue weighted by atomic mass is 19.1. The summed E-state index contributed by atoms with van der Waals surface area (Å²) in [5, 5.41) is 11.9. The molecule has 1 heterocycles. The Morgan fingerprint density at radius 3 is 2.89 bits per heavy atom. The molecule has 19 heavy (non-hydrogen) atoms. The zero-order valence-corrected chi connectivity index (χ0v) is 10.1. The van der Waals surface area contributed by atoms with Gasteiger partial charge >= 0.3 is 0 Å². The Kier molecular flexibility index (Phi) is 3.94. The van der Waals surface area contributed by atoms with Crippen LogP contribution in [0.25, 0.3) is 0 Å². The Bertz CT molecular complexity index is 673. The van der Waals surface area contributed by atoms with E-state index in [4.69, 9.17) is 5.26 Å². The summed E-state index contributed by atoms with van der Waals surface area (Å²) in [5.74, 6) is -0.443. The minimum absolute atomic E-state index is 0.0797. The van der Waals surface area contributed by atoms with Crippen molar-refractivity contribution in [2.75, 3.05) is 11.9 Å². The second kappa shape index (κ2) is 5.83. The molecule has 2 aromatic rings. The number of hydrogen-bond donors (Lipinski definition) is 1. The molecule has 0 aliphatic heterocycles. The number of pyridine rings is 1. The van der Waals surface area contributed by atoms with E-state index in [1.807, 2.05) is 6.07 Å². The Balaban J connectivity index is 2.03. The van der Waals surface area contributed by atoms with Crippen LogP contribution in [-0.4, -0.2) is 11.1 Å². The monoisotopic (exact) mass is 257 g/mol. The average molecular weight is 257 g/mol. The smallest absolute Gasteiger partial charge is 0.250 e. The van der Waals surface area contributed by atoms with Gasteiger partial charge in [0.25, 0.3) is 5.56 Å². The lowest BCUT2D eigenvalue weighted by Gasteiger charge is -2.09. The standard InChI is InChI=1S/C14H12FN3O/c15-12-4-5-13(11(9-12)10-16)17-6-8-18-7-2-1-3-14(18)19/h1-5,7,9,17H,6,8H2. The third-order valence-corrected chi connectivity index (χ3v) is 2.67. The zero-order valence-electron chi connectivity index (χ0n) is 10.1. The molecule has 0 atom stereocenters. The lowest BCUT2D eigenvalue weighted by molar-refractivity contribution is 0.627. The van der Waals surface area contributed by atoms with Crippen molar-refractivity contribution in [1.29, 1.82) is 5.26 Å². The molecule has 4 nitrogen and oxygen atoms in total. The average Bonchev–Trinajstić information content (AvgIpc) is 2.42. The molecule has 1 aromatic heterocycles. The first-order valence-electron chi connectivity index (χ1n) is 5.80. The fraction of sp³-hybridized carbons (Fsp3) is 0.143. The number of nitrogens with zero attached hydrogens (tertiary/aromatic N) is 2. The van der Waals surface area contributed by atoms with Crippen molar-refractivity contribution in [2.24, 2.45) is 0 Å². The summed E-state index contributed by atoms with van der Waals surface area (Å²) in [6, 6.07) is 10.9. The van der Waals surface area contributed by atoms with E-state index in [2.05, 4.69) is 5.32 Å². The maximum Gasteiger partial charge on any atom is 0.250 e. The third kappa shape index (κ3) is 3.19. The van der Waals surface area contributed by atoms with E-state index in [9.17, 15) is 9.18 Å². The van der Waals surface area contributed by atoms with E-state index in [1.54, 1.807) is 22.9 Å². The number of nitrogens with one attached hydrogen (secondary N) is 1. The molecular formula is C14H12FN3O. The summed E-state index contributed by atoms with van der Waals surface area (Å²) in [4.78, 5) is 11.5. The van der Waals surface area contributed by atoms with Gasteiger partial charge in [0.1, 0.15) is 11.9 Å². The molecule has 1 aromatic carbocycles. The summed E-state index contributed by atoms with van der Waals surface area (Å²) >= 11 is 0. The fourth-order valence-corrected chi connectivity index (χ4v) is 1.72. The van der Waals surface area contributed by atoms with Crippen LogP contribution in [0.5, 0.6) is 0 Å². The van der Waals surface area contributed by atoms with Crippen LogP contribution in [0.3, 0.4) is 0 Å². The summed E-state index contributed by atoms with van der Waals surface area (Å²) in [6.07, 6.45) is 1.69. The maximum absolute atomic E-state index is 12.9. The molecule has 1 N–H and O–H groups in total. The minimum Gasteiger partial charge on any atom is -0.382 e. The van der Waals surface area contributed by atoms with Gasteiger partial charge in [0.2, 0.25) is 0 Å². The van der Waals surface area contributed by atoms with E-state index in [1.165, 1.54) is 24.3 Å². The van der Waals surface area contributed by atoms with Gasteiger partial charge in [-0.15, -0.1) is 0 Å². The first kappa shape index (κ1) is 12.8. The van der Waals surface area contributed by atoms with E-state index in [0.29, 0.717) is 18.8 Å². The quantitative estimate of drug-likeness (QED) is 0.911. The molecule has 0 bridgehead atoms. The van der Waals surface area contributed by atoms with E-state index in [0.717, 1.165) is 0 Å². The first-order chi connectivity index (χ1) is 9.20. The van der Waals surface area contributed by atoms with Gasteiger partial charge < -0.3 is 9.88 Å². The van der Waals surface area contributed by atoms with Crippen molar-refractivity contribution in [3.63, 3.8) is 0 Å². The second-order valence-electron chi connectivity index (χ2n) is 3.96. The Morgan fingerprint density at radius 2 is 2.16 bits per heavy atom. The van der Waals surface area contributed by atoms with Crippen molar-refractivity contribution in [1.82, 2.24) is 4.57 Å². The van der Waals surface area contributed by atoms with Crippen molar-refractivity contribution < 1.29 is 4.39 Å². The van der Waals surface area contributed by atoms with Gasteiger partial charge in [-0.05, 0) is 24.3 Å². The van der Waals surface area contributed by atoms with Crippen LogP contribution >= 0.6 is 0 Å². The van der Waals surface area contributed by atoms with Gasteiger partial charge in [-0.25, -0.2) is 4.39 Å². The Morgan fingerprint density at radius 1 is 1.32 bits per heavy atom. The van der Waals surface area contributed by atoms with E-state index in [-0.39, 0.29) is 11.1 Å². The number of nitriles is 1. The Labute approximate surface area is 109 Å². The molecule has 0 aliphatic carbocycles. The van der Waals surface area contributed by atoms with Gasteiger partial charge in [0.15, 0.2) is 0 Å². The van der Waals surface area contributed by atoms with Crippen LogP contribution in [0.1, 0.15) is 5.56 Å². The Hall–Kier alpha value is -2.61. The summed E-state index contributed by atoms with van der Waals surface area (Å²) in [7, 11) is 0. The molecule has 0 unspecified atom stereocenters. The number of rotatable bonds is 4. The summed E-state index contributed by atoms with van der Waals surface area (Å²) < 4.78 is 14.5. The van der Waals surface area contributed by atoms with Crippen LogP contribution in [0, 0.1) is 17.1 Å². The first-order valence-corrected chi connectivity index (χ1v) is 5.80. The molecule has 0 saturated carbocycles. The number of aromatic nitrogens is 1. The van der Waals surface area contributed by atoms with Crippen LogP contribution in [-0.2, 0) is 6.54 Å². The van der Waals surface area contributed by atoms with Gasteiger partial charge in [-0.3, -0.25) is 4.79 Å². The lowest BCUT2D eigenvalue weighted by Crippen LogP contribution is -2.22. The topological polar surface area (TPSA) is 57.8 Å². The van der Waals surface area contributed by atoms with Crippen molar-refractivity contribution in [3.8, 4) is 6.07 Å². The van der Waals surface area contributed by atoms with Gasteiger partial charge in [-0.2, -0.15) is 5.26 Å². The number of anilines is 1. The summed E-state index contributed by atoms with van der Waals surface area (Å²) in [6.45, 7) is 0.951. The molecule has 0 aliphatic rings. The number of halogens is 1. The predicted molar refractivity (Wildman–Crippen MR) is 70.3 cm³/mol. The van der Waals surface area contributed by atoms with Crippen molar-refractivity contribution in [2.45, 2.75) is 6.54 Å². The van der Waals surface area contributed by atoms with Crippen molar-refractivity contribution in [3.05, 3.63) is 64.3 Å². The number of benzene rings is 1. The maximum atomic E-state index is 12.9. The normalized spacial score (nSPS) is 9.89. The molecule has 0 saturated heterocycles. The van der Waals surface area contributed by atoms with Gasteiger partial charge in [0, 0.05) is 25.4 Å². The van der Waals surface area contributed by atoms with Gasteiger partial charge in [-0.1, -0.05) is 6.07 Å². The molecule has 0 radical (unpaired) electrons. The highest BCUT2D eigenvalue weighted by Crippen LogP contribution is 2.15. The van der Waals surface area contributed by atoms with E-state index < -0.39 is 5.82 Å². The van der Waals surface area contributed by atoms with E-state index >= 15 is 0 Å². The molecule has 5 heteroatoms. The molecular weight excluding hydrogens is 245 g/mol. The van der Waals surface area contributed by atoms with Crippen LogP contribution < -0.4 is 10.9 Å². The largest absolute Gasteiger partial charge is 0.382 e. The summed E-state index contributed by atoms with van der Waals surface area (Å²) in [5.41, 5.74) is 0.734. The number of hydrogen-bond acceptors (Lipinski definition) is 3. The molecule has 96 valence electrons. The van der Waals surface area contributed by atoms with Crippen LogP contribution in [0.2, 0.25) is 0 Å².